The van der Waals surface area contributed by atoms with Crippen LogP contribution in [0.4, 0.5) is 0 Å². The van der Waals surface area contributed by atoms with Gasteiger partial charge in [0.15, 0.2) is 0 Å². The number of carbonyl (C=O) groups excluding carboxylic acids is 1. The first kappa shape index (κ1) is 11.4. The van der Waals surface area contributed by atoms with Gasteiger partial charge in [0.05, 0.1) is 6.61 Å². The number of aromatic nitrogens is 1. The quantitative estimate of drug-likeness (QED) is 0.574. The highest BCUT2D eigenvalue weighted by Crippen LogP contribution is 1.97. The molecule has 1 aromatic heterocycles. The lowest BCUT2D eigenvalue weighted by atomic mass is 10.2. The second-order valence-electron chi connectivity index (χ2n) is 2.90. The lowest BCUT2D eigenvalue weighted by Crippen LogP contribution is -2.24. The number of nitrogens with zero attached hydrogens (tertiary/aromatic N) is 1. The van der Waals surface area contributed by atoms with Gasteiger partial charge in [-0.1, -0.05) is 6.07 Å². The lowest BCUT2D eigenvalue weighted by molar-refractivity contribution is -0.116. The first-order valence-corrected chi connectivity index (χ1v) is 4.68. The molecule has 1 heterocycles. The summed E-state index contributed by atoms with van der Waals surface area (Å²) in [4.78, 5) is 15.2. The average Bonchev–Trinajstić information content (AvgIpc) is 2.28. The Kier molecular flexibility index (Phi) is 5.11. The van der Waals surface area contributed by atoms with Gasteiger partial charge in [0.25, 0.3) is 0 Å². The molecule has 0 aliphatic rings. The molecule has 80 valence electrons. The van der Waals surface area contributed by atoms with Crippen LogP contribution in [0.15, 0.2) is 30.6 Å². The van der Waals surface area contributed by atoms with Crippen LogP contribution in [0.2, 0.25) is 0 Å². The summed E-state index contributed by atoms with van der Waals surface area (Å²) in [5, 5.41) is 2.68. The van der Waals surface area contributed by atoms with E-state index in [2.05, 4.69) is 10.3 Å². The number of pyridine rings is 1. The SMILES string of the molecule is COCCNC(=O)/C=C/c1cccnc1. The summed E-state index contributed by atoms with van der Waals surface area (Å²) in [6.45, 7) is 1.04. The van der Waals surface area contributed by atoms with E-state index < -0.39 is 0 Å². The van der Waals surface area contributed by atoms with Gasteiger partial charge in [-0.3, -0.25) is 9.78 Å². The number of hydrogen-bond donors (Lipinski definition) is 1. The second kappa shape index (κ2) is 6.73. The van der Waals surface area contributed by atoms with E-state index in [9.17, 15) is 4.79 Å². The third-order valence-corrected chi connectivity index (χ3v) is 1.72. The van der Waals surface area contributed by atoms with Crippen LogP contribution in [0.1, 0.15) is 5.56 Å². The molecule has 0 aliphatic heterocycles. The Hall–Kier alpha value is -1.68. The van der Waals surface area contributed by atoms with Crippen molar-refractivity contribution in [2.24, 2.45) is 0 Å². The van der Waals surface area contributed by atoms with Crippen LogP contribution in [0.3, 0.4) is 0 Å². The van der Waals surface area contributed by atoms with Crippen molar-refractivity contribution in [1.29, 1.82) is 0 Å². The molecule has 1 rings (SSSR count). The highest BCUT2D eigenvalue weighted by atomic mass is 16.5. The summed E-state index contributed by atoms with van der Waals surface area (Å²) in [5.74, 6) is -0.129. The molecule has 0 spiro atoms. The van der Waals surface area contributed by atoms with Gasteiger partial charge in [0.1, 0.15) is 0 Å². The molecule has 4 nitrogen and oxygen atoms in total. The van der Waals surface area contributed by atoms with E-state index in [1.165, 1.54) is 6.08 Å². The maximum absolute atomic E-state index is 11.2. The van der Waals surface area contributed by atoms with E-state index in [1.807, 2.05) is 12.1 Å². The zero-order valence-electron chi connectivity index (χ0n) is 8.64. The predicted octanol–water partition coefficient (Wildman–Crippen LogP) is 0.857. The molecule has 0 fully saturated rings. The Balaban J connectivity index is 2.34. The Morgan fingerprint density at radius 3 is 3.20 bits per heavy atom. The van der Waals surface area contributed by atoms with E-state index in [0.717, 1.165) is 5.56 Å². The first-order chi connectivity index (χ1) is 7.33. The fraction of sp³-hybridized carbons (Fsp3) is 0.273. The second-order valence-corrected chi connectivity index (χ2v) is 2.90. The van der Waals surface area contributed by atoms with Crippen LogP contribution < -0.4 is 5.32 Å². The summed E-state index contributed by atoms with van der Waals surface area (Å²) < 4.78 is 4.81. The molecule has 0 aliphatic carbocycles. The molecule has 0 saturated heterocycles. The highest BCUT2D eigenvalue weighted by molar-refractivity contribution is 5.91. The van der Waals surface area contributed by atoms with Crippen molar-refractivity contribution in [3.8, 4) is 0 Å². The minimum Gasteiger partial charge on any atom is -0.383 e. The Morgan fingerprint density at radius 2 is 2.53 bits per heavy atom. The number of methoxy groups -OCH3 is 1. The Labute approximate surface area is 89.0 Å². The van der Waals surface area contributed by atoms with E-state index in [1.54, 1.807) is 25.6 Å². The Morgan fingerprint density at radius 1 is 1.67 bits per heavy atom. The van der Waals surface area contributed by atoms with Crippen LogP contribution in [-0.4, -0.2) is 31.2 Å². The fourth-order valence-corrected chi connectivity index (χ4v) is 0.982. The lowest BCUT2D eigenvalue weighted by Gasteiger charge is -1.99. The molecular formula is C11H14N2O2. The van der Waals surface area contributed by atoms with Crippen molar-refractivity contribution in [2.75, 3.05) is 20.3 Å². The molecule has 1 N–H and O–H groups in total. The van der Waals surface area contributed by atoms with Gasteiger partial charge in [-0.2, -0.15) is 0 Å². The van der Waals surface area contributed by atoms with Crippen LogP contribution in [-0.2, 0) is 9.53 Å². The third-order valence-electron chi connectivity index (χ3n) is 1.72. The number of amides is 1. The molecule has 1 aromatic rings. The van der Waals surface area contributed by atoms with Crippen LogP contribution >= 0.6 is 0 Å². The number of ether oxygens (including phenoxy) is 1. The van der Waals surface area contributed by atoms with Gasteiger partial charge in [0, 0.05) is 32.1 Å². The average molecular weight is 206 g/mol. The van der Waals surface area contributed by atoms with Gasteiger partial charge >= 0.3 is 0 Å². The summed E-state index contributed by atoms with van der Waals surface area (Å²) in [5.41, 5.74) is 0.902. The van der Waals surface area contributed by atoms with Gasteiger partial charge < -0.3 is 10.1 Å². The molecular weight excluding hydrogens is 192 g/mol. The molecule has 0 atom stereocenters. The van der Waals surface area contributed by atoms with Gasteiger partial charge in [-0.25, -0.2) is 0 Å². The van der Waals surface area contributed by atoms with E-state index in [-0.39, 0.29) is 5.91 Å². The van der Waals surface area contributed by atoms with Gasteiger partial charge in [0.2, 0.25) is 5.91 Å². The van der Waals surface area contributed by atoms with Gasteiger partial charge in [-0.15, -0.1) is 0 Å². The molecule has 4 heteroatoms. The van der Waals surface area contributed by atoms with E-state index in [0.29, 0.717) is 13.2 Å². The predicted molar refractivity (Wildman–Crippen MR) is 58.2 cm³/mol. The minimum atomic E-state index is -0.129. The summed E-state index contributed by atoms with van der Waals surface area (Å²) in [7, 11) is 1.59. The molecule has 0 aromatic carbocycles. The van der Waals surface area contributed by atoms with Crippen molar-refractivity contribution >= 4 is 12.0 Å². The zero-order valence-corrected chi connectivity index (χ0v) is 8.64. The van der Waals surface area contributed by atoms with Crippen molar-refractivity contribution < 1.29 is 9.53 Å². The maximum atomic E-state index is 11.2. The van der Waals surface area contributed by atoms with Crippen molar-refractivity contribution in [2.45, 2.75) is 0 Å². The van der Waals surface area contributed by atoms with Crippen LogP contribution in [0, 0.1) is 0 Å². The Bertz CT molecular complexity index is 323. The summed E-state index contributed by atoms with van der Waals surface area (Å²) >= 11 is 0. The molecule has 0 saturated carbocycles. The monoisotopic (exact) mass is 206 g/mol. The zero-order chi connectivity index (χ0) is 10.9. The van der Waals surface area contributed by atoms with Crippen molar-refractivity contribution in [3.05, 3.63) is 36.2 Å². The van der Waals surface area contributed by atoms with Crippen LogP contribution in [0.5, 0.6) is 0 Å². The largest absolute Gasteiger partial charge is 0.383 e. The normalized spacial score (nSPS) is 10.5. The van der Waals surface area contributed by atoms with Gasteiger partial charge in [-0.05, 0) is 17.7 Å². The molecule has 0 bridgehead atoms. The summed E-state index contributed by atoms with van der Waals surface area (Å²) in [6.07, 6.45) is 6.58. The van der Waals surface area contributed by atoms with Crippen LogP contribution in [0.25, 0.3) is 6.08 Å². The maximum Gasteiger partial charge on any atom is 0.244 e. The standard InChI is InChI=1S/C11H14N2O2/c1-15-8-7-13-11(14)5-4-10-3-2-6-12-9-10/h2-6,9H,7-8H2,1H3,(H,13,14)/b5-4+. The molecule has 0 unspecified atom stereocenters. The minimum absolute atomic E-state index is 0.129. The number of carbonyl (C=O) groups is 1. The number of hydrogen-bond acceptors (Lipinski definition) is 3. The molecule has 15 heavy (non-hydrogen) atoms. The summed E-state index contributed by atoms with van der Waals surface area (Å²) in [6, 6.07) is 3.70. The molecule has 1 amide bonds. The van der Waals surface area contributed by atoms with Crippen molar-refractivity contribution in [1.82, 2.24) is 10.3 Å². The number of nitrogens with one attached hydrogen (secondary N) is 1. The smallest absolute Gasteiger partial charge is 0.244 e. The van der Waals surface area contributed by atoms with Crippen molar-refractivity contribution in [3.63, 3.8) is 0 Å². The number of rotatable bonds is 5. The van der Waals surface area contributed by atoms with E-state index >= 15 is 0 Å². The first-order valence-electron chi connectivity index (χ1n) is 4.68. The molecule has 0 radical (unpaired) electrons. The third kappa shape index (κ3) is 4.93. The topological polar surface area (TPSA) is 51.2 Å². The fourth-order valence-electron chi connectivity index (χ4n) is 0.982. The highest BCUT2D eigenvalue weighted by Gasteiger charge is 1.93. The van der Waals surface area contributed by atoms with E-state index in [4.69, 9.17) is 4.74 Å².